The zero-order chi connectivity index (χ0) is 40.9. The van der Waals surface area contributed by atoms with Gasteiger partial charge in [-0.2, -0.15) is 0 Å². The second kappa shape index (κ2) is 18.2. The number of aromatic nitrogens is 2. The van der Waals surface area contributed by atoms with E-state index in [0.29, 0.717) is 17.0 Å². The van der Waals surface area contributed by atoms with Gasteiger partial charge in [0, 0.05) is 123 Å². The van der Waals surface area contributed by atoms with Gasteiger partial charge in [-0.25, -0.2) is 9.97 Å². The van der Waals surface area contributed by atoms with Gasteiger partial charge in [-0.1, -0.05) is 41.9 Å². The molecule has 0 radical (unpaired) electrons. The number of anilines is 2. The lowest BCUT2D eigenvalue weighted by molar-refractivity contribution is 0.0657. The molecule has 13 heteroatoms. The van der Waals surface area contributed by atoms with Crippen molar-refractivity contribution in [3.8, 4) is 28.0 Å². The number of likely N-dealkylation sites (N-methyl/N-ethyl adjacent to an activating group) is 2. The molecule has 59 heavy (non-hydrogen) atoms. The van der Waals surface area contributed by atoms with E-state index in [0.717, 1.165) is 128 Å². The first-order valence-corrected chi connectivity index (χ1v) is 20.8. The molecule has 3 aromatic carbocycles. The van der Waals surface area contributed by atoms with Gasteiger partial charge >= 0.3 is 0 Å². The van der Waals surface area contributed by atoms with Crippen LogP contribution in [0.1, 0.15) is 56.9 Å². The molecular weight excluding hydrogens is 764 g/mol. The minimum Gasteiger partial charge on any atom is -0.485 e. The van der Waals surface area contributed by atoms with Crippen molar-refractivity contribution >= 4 is 35.1 Å². The molecule has 0 spiro atoms. The zero-order valence-corrected chi connectivity index (χ0v) is 34.4. The van der Waals surface area contributed by atoms with Crippen molar-refractivity contribution < 1.29 is 19.4 Å². The Balaban J connectivity index is 0.000000169. The summed E-state index contributed by atoms with van der Waals surface area (Å²) >= 11 is 6.13. The van der Waals surface area contributed by atoms with Crippen LogP contribution in [0.15, 0.2) is 97.3 Å². The summed E-state index contributed by atoms with van der Waals surface area (Å²) in [7, 11) is 4.17. The third-order valence-electron chi connectivity index (χ3n) is 11.5. The summed E-state index contributed by atoms with van der Waals surface area (Å²) in [5, 5.41) is 17.4. The molecular formula is C46H51ClN8O4. The van der Waals surface area contributed by atoms with Gasteiger partial charge in [-0.3, -0.25) is 9.59 Å². The van der Waals surface area contributed by atoms with Crippen molar-refractivity contribution in [2.45, 2.75) is 25.0 Å². The molecule has 5 aromatic rings. The summed E-state index contributed by atoms with van der Waals surface area (Å²) in [6.45, 7) is 8.29. The number of piperazine rings is 2. The van der Waals surface area contributed by atoms with E-state index in [1.165, 1.54) is 0 Å². The molecule has 4 aliphatic rings. The number of carbonyl (C=O) groups is 2. The SMILES string of the molecule is CN1CCN(C(=O)c2ccc(-c3cnc4c(c3)C(O)CCN4)cc2)CC1.CN1CCN(C(=O)c2ccc(-c3cnc4c(c3)C(Oc3cccc(Cl)c3)CCN4)cc2)CC1. The van der Waals surface area contributed by atoms with Crippen LogP contribution >= 0.6 is 11.6 Å². The molecule has 2 atom stereocenters. The maximum Gasteiger partial charge on any atom is 0.253 e. The molecule has 3 N–H and O–H groups in total. The van der Waals surface area contributed by atoms with Gasteiger partial charge in [-0.05, 0) is 86.2 Å². The first-order valence-electron chi connectivity index (χ1n) is 20.4. The number of rotatable bonds is 6. The highest BCUT2D eigenvalue weighted by Crippen LogP contribution is 2.36. The summed E-state index contributed by atoms with van der Waals surface area (Å²) < 4.78 is 6.26. The molecule has 0 bridgehead atoms. The molecule has 6 heterocycles. The van der Waals surface area contributed by atoms with Crippen molar-refractivity contribution in [3.63, 3.8) is 0 Å². The Kier molecular flexibility index (Phi) is 12.4. The highest BCUT2D eigenvalue weighted by atomic mass is 35.5. The van der Waals surface area contributed by atoms with Crippen molar-refractivity contribution in [1.82, 2.24) is 29.6 Å². The summed E-state index contributed by atoms with van der Waals surface area (Å²) in [5.41, 5.74) is 7.26. The molecule has 9 rings (SSSR count). The van der Waals surface area contributed by atoms with Crippen LogP contribution in [0.2, 0.25) is 5.02 Å². The lowest BCUT2D eigenvalue weighted by Gasteiger charge is -2.32. The monoisotopic (exact) mass is 814 g/mol. The minimum absolute atomic E-state index is 0.0906. The Hall–Kier alpha value is -5.53. The fourth-order valence-electron chi connectivity index (χ4n) is 7.86. The number of benzene rings is 3. The third kappa shape index (κ3) is 9.52. The van der Waals surface area contributed by atoms with Crippen LogP contribution in [-0.4, -0.2) is 126 Å². The first kappa shape index (κ1) is 40.3. The van der Waals surface area contributed by atoms with Crippen molar-refractivity contribution in [2.24, 2.45) is 0 Å². The van der Waals surface area contributed by atoms with Crippen molar-refractivity contribution in [3.05, 3.63) is 125 Å². The molecule has 2 aromatic heterocycles. The zero-order valence-electron chi connectivity index (χ0n) is 33.6. The second-order valence-corrected chi connectivity index (χ2v) is 16.1. The average Bonchev–Trinajstić information content (AvgIpc) is 3.27. The van der Waals surface area contributed by atoms with Crippen LogP contribution < -0.4 is 15.4 Å². The highest BCUT2D eigenvalue weighted by molar-refractivity contribution is 6.30. The van der Waals surface area contributed by atoms with Gasteiger partial charge in [0.1, 0.15) is 23.5 Å². The molecule has 0 aliphatic carbocycles. The topological polar surface area (TPSA) is 126 Å². The predicted octanol–water partition coefficient (Wildman–Crippen LogP) is 6.71. The quantitative estimate of drug-likeness (QED) is 0.170. The number of carbonyl (C=O) groups excluding carboxylic acids is 2. The Bertz CT molecular complexity index is 2260. The fraction of sp³-hybridized carbons (Fsp3) is 0.348. The van der Waals surface area contributed by atoms with Gasteiger partial charge in [0.2, 0.25) is 0 Å². The van der Waals surface area contributed by atoms with E-state index < -0.39 is 6.10 Å². The predicted molar refractivity (Wildman–Crippen MR) is 232 cm³/mol. The number of hydrogen-bond donors (Lipinski definition) is 3. The van der Waals surface area contributed by atoms with Gasteiger partial charge in [-0.15, -0.1) is 0 Å². The van der Waals surface area contributed by atoms with Gasteiger partial charge in [0.05, 0.1) is 6.10 Å². The third-order valence-corrected chi connectivity index (χ3v) is 11.8. The molecule has 306 valence electrons. The Morgan fingerprint density at radius 3 is 1.66 bits per heavy atom. The van der Waals surface area contributed by atoms with Crippen molar-refractivity contribution in [1.29, 1.82) is 0 Å². The largest absolute Gasteiger partial charge is 0.485 e. The molecule has 2 saturated heterocycles. The second-order valence-electron chi connectivity index (χ2n) is 15.7. The Morgan fingerprint density at radius 1 is 0.644 bits per heavy atom. The van der Waals surface area contributed by atoms with Crippen LogP contribution in [-0.2, 0) is 0 Å². The fourth-order valence-corrected chi connectivity index (χ4v) is 8.04. The standard InChI is InChI=1S/C26H27ClN4O2.C20H24N4O2/c1-30-11-13-31(14-12-30)26(32)19-7-5-18(6-8-19)20-15-23-24(9-10-28-25(23)29-17-20)33-22-4-2-3-21(27)16-22;1-23-8-10-24(11-9-23)20(26)15-4-2-14(3-5-15)16-12-17-18(25)6-7-21-19(17)22-13-16/h2-8,15-17,24H,9-14H2,1H3,(H,28,29);2-5,12-13,18,25H,6-11H2,1H3,(H,21,22). The lowest BCUT2D eigenvalue weighted by Crippen LogP contribution is -2.47. The molecule has 12 nitrogen and oxygen atoms in total. The van der Waals surface area contributed by atoms with Crippen molar-refractivity contribution in [2.75, 3.05) is 90.2 Å². The number of aliphatic hydroxyl groups excluding tert-OH is 1. The van der Waals surface area contributed by atoms with Gasteiger partial charge < -0.3 is 40.1 Å². The summed E-state index contributed by atoms with van der Waals surface area (Å²) in [4.78, 5) is 42.9. The van der Waals surface area contributed by atoms with Crippen LogP contribution in [0.3, 0.4) is 0 Å². The number of nitrogens with one attached hydrogen (secondary N) is 2. The maximum absolute atomic E-state index is 12.8. The van der Waals surface area contributed by atoms with E-state index in [4.69, 9.17) is 16.3 Å². The summed E-state index contributed by atoms with van der Waals surface area (Å²) in [6.07, 6.45) is 4.62. The maximum atomic E-state index is 12.8. The summed E-state index contributed by atoms with van der Waals surface area (Å²) in [5.74, 6) is 2.54. The van der Waals surface area contributed by atoms with Crippen LogP contribution in [0.5, 0.6) is 5.75 Å². The number of nitrogens with zero attached hydrogens (tertiary/aromatic N) is 6. The number of ether oxygens (including phenoxy) is 1. The van der Waals surface area contributed by atoms with E-state index in [1.54, 1.807) is 6.20 Å². The van der Waals surface area contributed by atoms with Gasteiger partial charge in [0.25, 0.3) is 11.8 Å². The van der Waals surface area contributed by atoms with E-state index in [1.807, 2.05) is 94.9 Å². The van der Waals surface area contributed by atoms with Crippen LogP contribution in [0.4, 0.5) is 11.6 Å². The number of aliphatic hydroxyl groups is 1. The van der Waals surface area contributed by atoms with E-state index >= 15 is 0 Å². The molecule has 2 amide bonds. The van der Waals surface area contributed by atoms with E-state index in [-0.39, 0.29) is 17.9 Å². The van der Waals surface area contributed by atoms with Crippen LogP contribution in [0, 0.1) is 0 Å². The highest BCUT2D eigenvalue weighted by Gasteiger charge is 2.25. The lowest BCUT2D eigenvalue weighted by atomic mass is 9.98. The molecule has 4 aliphatic heterocycles. The molecule has 0 saturated carbocycles. The number of hydrogen-bond acceptors (Lipinski definition) is 10. The smallest absolute Gasteiger partial charge is 0.253 e. The first-order chi connectivity index (χ1) is 28.7. The Labute approximate surface area is 350 Å². The Morgan fingerprint density at radius 2 is 1.14 bits per heavy atom. The average molecular weight is 815 g/mol. The molecule has 2 fully saturated rings. The number of pyridine rings is 2. The number of amides is 2. The van der Waals surface area contributed by atoms with E-state index in [9.17, 15) is 14.7 Å². The molecule has 2 unspecified atom stereocenters. The van der Waals surface area contributed by atoms with Gasteiger partial charge in [0.15, 0.2) is 0 Å². The number of fused-ring (bicyclic) bond motifs is 2. The minimum atomic E-state index is -0.475. The summed E-state index contributed by atoms with van der Waals surface area (Å²) in [6, 6.07) is 27.1. The normalized spacial score (nSPS) is 19.3. The van der Waals surface area contributed by atoms with E-state index in [2.05, 4.69) is 50.6 Å². The number of halogens is 1. The van der Waals surface area contributed by atoms with Crippen LogP contribution in [0.25, 0.3) is 22.3 Å².